The van der Waals surface area contributed by atoms with Crippen molar-refractivity contribution in [2.24, 2.45) is 0 Å². The zero-order chi connectivity index (χ0) is 12.1. The quantitative estimate of drug-likeness (QED) is 0.724. The van der Waals surface area contributed by atoms with Crippen molar-refractivity contribution in [1.82, 2.24) is 4.90 Å². The first kappa shape index (κ1) is 12.6. The third-order valence-electron chi connectivity index (χ3n) is 2.92. The molecular weight excluding hydrogens is 217 g/mol. The molecule has 0 amide bonds. The van der Waals surface area contributed by atoms with Crippen LogP contribution in [0.3, 0.4) is 0 Å². The molecule has 0 saturated carbocycles. The first-order valence-corrected chi connectivity index (χ1v) is 5.91. The fraction of sp³-hybridized carbons (Fsp3) is 0.500. The maximum Gasteiger partial charge on any atom is 0.493 e. The van der Waals surface area contributed by atoms with E-state index in [4.69, 9.17) is 14.4 Å². The van der Waals surface area contributed by atoms with Gasteiger partial charge in [0.1, 0.15) is 0 Å². The molecule has 17 heavy (non-hydrogen) atoms. The van der Waals surface area contributed by atoms with Crippen LogP contribution in [0.5, 0.6) is 0 Å². The average Bonchev–Trinajstić information content (AvgIpc) is 2.34. The van der Waals surface area contributed by atoms with Gasteiger partial charge in [0.05, 0.1) is 6.61 Å². The van der Waals surface area contributed by atoms with Crippen molar-refractivity contribution in [3.8, 4) is 0 Å². The fourth-order valence-corrected chi connectivity index (χ4v) is 1.76. The second kappa shape index (κ2) is 6.16. The van der Waals surface area contributed by atoms with Crippen LogP contribution in [-0.4, -0.2) is 50.5 Å². The van der Waals surface area contributed by atoms with Crippen LogP contribution in [0.15, 0.2) is 24.3 Å². The molecule has 1 aliphatic rings. The maximum absolute atomic E-state index is 8.98. The minimum absolute atomic E-state index is 0.0669. The van der Waals surface area contributed by atoms with Crippen LogP contribution in [-0.2, 0) is 15.9 Å². The number of benzene rings is 1. The van der Waals surface area contributed by atoms with Crippen molar-refractivity contribution in [1.29, 1.82) is 0 Å². The molecule has 1 heterocycles. The van der Waals surface area contributed by atoms with Crippen molar-refractivity contribution < 1.29 is 14.4 Å². The summed E-state index contributed by atoms with van der Waals surface area (Å²) >= 11 is 0. The molecule has 0 bridgehead atoms. The molecule has 5 heteroatoms. The van der Waals surface area contributed by atoms with E-state index in [2.05, 4.69) is 11.9 Å². The van der Waals surface area contributed by atoms with Gasteiger partial charge in [0, 0.05) is 26.3 Å². The normalized spacial score (nSPS) is 18.8. The Labute approximate surface area is 102 Å². The number of aliphatic hydroxyl groups is 1. The van der Waals surface area contributed by atoms with Gasteiger partial charge in [-0.3, -0.25) is 0 Å². The SMILES string of the molecule is CN1CCOB(c2ccc(CO)cc2)OCC1. The Hall–Kier alpha value is -0.875. The predicted octanol–water partition coefficient (Wildman–Crippen LogP) is -0.147. The highest BCUT2D eigenvalue weighted by atomic mass is 16.6. The van der Waals surface area contributed by atoms with Crippen molar-refractivity contribution in [2.75, 3.05) is 33.4 Å². The number of rotatable bonds is 2. The molecule has 0 aromatic heterocycles. The van der Waals surface area contributed by atoms with Gasteiger partial charge in [-0.25, -0.2) is 0 Å². The lowest BCUT2D eigenvalue weighted by molar-refractivity contribution is 0.132. The minimum Gasteiger partial charge on any atom is -0.406 e. The average molecular weight is 235 g/mol. The van der Waals surface area contributed by atoms with Crippen molar-refractivity contribution in [2.45, 2.75) is 6.61 Å². The second-order valence-corrected chi connectivity index (χ2v) is 4.28. The highest BCUT2D eigenvalue weighted by Gasteiger charge is 2.23. The smallest absolute Gasteiger partial charge is 0.406 e. The summed E-state index contributed by atoms with van der Waals surface area (Å²) in [5.74, 6) is 0. The Balaban J connectivity index is 1.99. The Morgan fingerprint density at radius 2 is 1.76 bits per heavy atom. The number of aliphatic hydroxyl groups excluding tert-OH is 1. The lowest BCUT2D eigenvalue weighted by atomic mass is 9.78. The molecule has 1 N–H and O–H groups in total. The molecule has 1 aromatic rings. The molecule has 0 spiro atoms. The number of hydrogen-bond donors (Lipinski definition) is 1. The first-order valence-electron chi connectivity index (χ1n) is 5.91. The Morgan fingerprint density at radius 1 is 1.18 bits per heavy atom. The predicted molar refractivity (Wildman–Crippen MR) is 67.2 cm³/mol. The largest absolute Gasteiger partial charge is 0.493 e. The van der Waals surface area contributed by atoms with Gasteiger partial charge in [-0.05, 0) is 18.1 Å². The summed E-state index contributed by atoms with van der Waals surface area (Å²) in [4.78, 5) is 2.19. The van der Waals surface area contributed by atoms with Crippen LogP contribution in [0.25, 0.3) is 0 Å². The Kier molecular flexibility index (Phi) is 4.56. The van der Waals surface area contributed by atoms with E-state index in [-0.39, 0.29) is 13.7 Å². The van der Waals surface area contributed by atoms with Gasteiger partial charge < -0.3 is 19.3 Å². The van der Waals surface area contributed by atoms with Crippen LogP contribution in [0.1, 0.15) is 5.56 Å². The van der Waals surface area contributed by atoms with Gasteiger partial charge in [0.25, 0.3) is 0 Å². The number of likely N-dealkylation sites (N-methyl/N-ethyl adjacent to an activating group) is 1. The van der Waals surface area contributed by atoms with Crippen molar-refractivity contribution in [3.63, 3.8) is 0 Å². The van der Waals surface area contributed by atoms with E-state index in [1.165, 1.54) is 0 Å². The third kappa shape index (κ3) is 3.54. The molecule has 0 unspecified atom stereocenters. The van der Waals surface area contributed by atoms with Crippen LogP contribution in [0, 0.1) is 0 Å². The van der Waals surface area contributed by atoms with Gasteiger partial charge in [-0.15, -0.1) is 0 Å². The highest BCUT2D eigenvalue weighted by Crippen LogP contribution is 2.01. The topological polar surface area (TPSA) is 41.9 Å². The number of hydrogen-bond acceptors (Lipinski definition) is 4. The monoisotopic (exact) mass is 235 g/mol. The Bertz CT molecular complexity index is 334. The van der Waals surface area contributed by atoms with E-state index in [1.54, 1.807) is 0 Å². The van der Waals surface area contributed by atoms with Crippen LogP contribution < -0.4 is 5.46 Å². The van der Waals surface area contributed by atoms with Gasteiger partial charge in [-0.1, -0.05) is 24.3 Å². The van der Waals surface area contributed by atoms with E-state index in [9.17, 15) is 0 Å². The summed E-state index contributed by atoms with van der Waals surface area (Å²) in [7, 11) is 1.78. The zero-order valence-corrected chi connectivity index (χ0v) is 10.1. The first-order chi connectivity index (χ1) is 8.29. The van der Waals surface area contributed by atoms with Crippen LogP contribution >= 0.6 is 0 Å². The van der Waals surface area contributed by atoms with Crippen molar-refractivity contribution in [3.05, 3.63) is 29.8 Å². The molecule has 0 atom stereocenters. The van der Waals surface area contributed by atoms with Crippen molar-refractivity contribution >= 4 is 12.6 Å². The van der Waals surface area contributed by atoms with E-state index >= 15 is 0 Å². The summed E-state index contributed by atoms with van der Waals surface area (Å²) in [6, 6.07) is 7.68. The van der Waals surface area contributed by atoms with Gasteiger partial charge in [0.2, 0.25) is 0 Å². The summed E-state index contributed by atoms with van der Waals surface area (Å²) in [5.41, 5.74) is 1.91. The number of nitrogens with zero attached hydrogens (tertiary/aromatic N) is 1. The standard InChI is InChI=1S/C12H18BNO3/c1-14-6-8-16-13(17-9-7-14)12-4-2-11(10-15)3-5-12/h2-5,15H,6-10H2,1H3. The van der Waals surface area contributed by atoms with E-state index in [1.807, 2.05) is 24.3 Å². The maximum atomic E-state index is 8.98. The lowest BCUT2D eigenvalue weighted by Gasteiger charge is -2.24. The molecule has 1 saturated heterocycles. The zero-order valence-electron chi connectivity index (χ0n) is 10.1. The molecule has 0 aliphatic carbocycles. The lowest BCUT2D eigenvalue weighted by Crippen LogP contribution is -2.43. The molecular formula is C12H18BNO3. The molecule has 92 valence electrons. The minimum atomic E-state index is -0.281. The molecule has 0 radical (unpaired) electrons. The van der Waals surface area contributed by atoms with Crippen LogP contribution in [0.2, 0.25) is 0 Å². The van der Waals surface area contributed by atoms with E-state index in [0.717, 1.165) is 24.1 Å². The summed E-state index contributed by atoms with van der Waals surface area (Å²) in [6.07, 6.45) is 0. The molecule has 1 fully saturated rings. The molecule has 1 aliphatic heterocycles. The Morgan fingerprint density at radius 3 is 2.29 bits per heavy atom. The summed E-state index contributed by atoms with van der Waals surface area (Å²) < 4.78 is 11.4. The van der Waals surface area contributed by atoms with E-state index < -0.39 is 0 Å². The third-order valence-corrected chi connectivity index (χ3v) is 2.92. The highest BCUT2D eigenvalue weighted by molar-refractivity contribution is 6.61. The fourth-order valence-electron chi connectivity index (χ4n) is 1.76. The van der Waals surface area contributed by atoms with Gasteiger partial charge in [0.15, 0.2) is 0 Å². The second-order valence-electron chi connectivity index (χ2n) is 4.28. The molecule has 2 rings (SSSR count). The van der Waals surface area contributed by atoms with E-state index in [0.29, 0.717) is 13.2 Å². The molecule has 4 nitrogen and oxygen atoms in total. The molecule has 1 aromatic carbocycles. The summed E-state index contributed by atoms with van der Waals surface area (Å²) in [6.45, 7) is 3.26. The van der Waals surface area contributed by atoms with Crippen LogP contribution in [0.4, 0.5) is 0 Å². The summed E-state index contributed by atoms with van der Waals surface area (Å²) in [5, 5.41) is 8.98. The van der Waals surface area contributed by atoms with Gasteiger partial charge in [-0.2, -0.15) is 0 Å². The van der Waals surface area contributed by atoms with Gasteiger partial charge >= 0.3 is 7.12 Å².